The number of nitrogens with two attached hydrogens (primary N) is 1. The van der Waals surface area contributed by atoms with Crippen LogP contribution in [-0.4, -0.2) is 24.5 Å². The Hall–Kier alpha value is -1.98. The Morgan fingerprint density at radius 3 is 2.91 bits per heavy atom. The van der Waals surface area contributed by atoms with Crippen molar-refractivity contribution in [1.29, 1.82) is 0 Å². The maximum absolute atomic E-state index is 11.0. The molecule has 6 nitrogen and oxygen atoms in total. The largest absolute Gasteiger partial charge is 0.454 e. The zero-order valence-corrected chi connectivity index (χ0v) is 13.4. The summed E-state index contributed by atoms with van der Waals surface area (Å²) in [5, 5.41) is 6.74. The molecule has 0 radical (unpaired) electrons. The van der Waals surface area contributed by atoms with Gasteiger partial charge in [-0.05, 0) is 37.8 Å². The number of carbonyl (C=O) groups excluding carboxylic acids is 1. The first-order chi connectivity index (χ1) is 10.6. The molecule has 1 aromatic rings. The first-order valence-corrected chi connectivity index (χ1v) is 8.01. The minimum Gasteiger partial charge on any atom is -0.454 e. The van der Waals surface area contributed by atoms with E-state index in [1.54, 1.807) is 12.1 Å². The van der Waals surface area contributed by atoms with E-state index >= 15 is 0 Å². The molecule has 122 valence electrons. The second-order valence-corrected chi connectivity index (χ2v) is 5.94. The molecule has 1 aliphatic rings. The van der Waals surface area contributed by atoms with Gasteiger partial charge in [-0.15, -0.1) is 0 Å². The van der Waals surface area contributed by atoms with Crippen LogP contribution in [0.3, 0.4) is 0 Å². The van der Waals surface area contributed by atoms with Gasteiger partial charge in [0.1, 0.15) is 12.3 Å². The molecule has 22 heavy (non-hydrogen) atoms. The quantitative estimate of drug-likeness (QED) is 0.573. The van der Waals surface area contributed by atoms with Gasteiger partial charge in [0, 0.05) is 12.6 Å². The first-order valence-electron chi connectivity index (χ1n) is 8.01. The van der Waals surface area contributed by atoms with Crippen LogP contribution in [0.15, 0.2) is 21.5 Å². The van der Waals surface area contributed by atoms with Crippen molar-refractivity contribution in [1.82, 2.24) is 10.6 Å². The summed E-state index contributed by atoms with van der Waals surface area (Å²) in [5.41, 5.74) is 5.17. The molecule has 2 rings (SSSR count). The highest BCUT2D eigenvalue weighted by molar-refractivity contribution is 5.89. The third kappa shape index (κ3) is 4.79. The highest BCUT2D eigenvalue weighted by atomic mass is 16.3. The number of primary amides is 1. The highest BCUT2D eigenvalue weighted by Crippen LogP contribution is 2.23. The Morgan fingerprint density at radius 2 is 2.27 bits per heavy atom. The summed E-state index contributed by atoms with van der Waals surface area (Å²) in [5.74, 6) is 1.79. The van der Waals surface area contributed by atoms with Gasteiger partial charge in [0.05, 0.1) is 0 Å². The van der Waals surface area contributed by atoms with Gasteiger partial charge >= 0.3 is 0 Å². The molecule has 1 saturated carbocycles. The van der Waals surface area contributed by atoms with Crippen molar-refractivity contribution in [3.63, 3.8) is 0 Å². The van der Waals surface area contributed by atoms with Gasteiger partial charge in [-0.2, -0.15) is 0 Å². The lowest BCUT2D eigenvalue weighted by molar-refractivity contribution is 0.0972. The second kappa shape index (κ2) is 7.87. The van der Waals surface area contributed by atoms with Crippen molar-refractivity contribution < 1.29 is 9.21 Å². The van der Waals surface area contributed by atoms with Crippen LogP contribution < -0.4 is 16.4 Å². The molecule has 0 spiro atoms. The number of hydrogen-bond acceptors (Lipinski definition) is 3. The molecule has 2 atom stereocenters. The molecule has 0 saturated heterocycles. The molecule has 2 unspecified atom stereocenters. The van der Waals surface area contributed by atoms with E-state index in [0.29, 0.717) is 18.3 Å². The van der Waals surface area contributed by atoms with Crippen LogP contribution in [-0.2, 0) is 6.54 Å². The summed E-state index contributed by atoms with van der Waals surface area (Å²) in [6.07, 6.45) is 4.94. The monoisotopic (exact) mass is 306 g/mol. The maximum Gasteiger partial charge on any atom is 0.284 e. The molecule has 1 heterocycles. The summed E-state index contributed by atoms with van der Waals surface area (Å²) in [6.45, 7) is 5.52. The van der Waals surface area contributed by atoms with E-state index in [4.69, 9.17) is 10.2 Å². The number of furan rings is 1. The van der Waals surface area contributed by atoms with Gasteiger partial charge in [-0.3, -0.25) is 4.79 Å². The fourth-order valence-electron chi connectivity index (χ4n) is 2.83. The number of guanidine groups is 1. The molecule has 0 aromatic carbocycles. The molecule has 1 fully saturated rings. The second-order valence-electron chi connectivity index (χ2n) is 5.94. The third-order valence-corrected chi connectivity index (χ3v) is 3.92. The van der Waals surface area contributed by atoms with Crippen molar-refractivity contribution in [3.8, 4) is 0 Å². The first kappa shape index (κ1) is 16.4. The van der Waals surface area contributed by atoms with Crippen LogP contribution in [0.25, 0.3) is 0 Å². The molecule has 4 N–H and O–H groups in total. The molecular weight excluding hydrogens is 280 g/mol. The summed E-state index contributed by atoms with van der Waals surface area (Å²) in [7, 11) is 0. The van der Waals surface area contributed by atoms with Gasteiger partial charge in [-0.1, -0.05) is 19.8 Å². The maximum atomic E-state index is 11.0. The zero-order chi connectivity index (χ0) is 15.9. The molecule has 1 aliphatic carbocycles. The number of rotatable bonds is 5. The highest BCUT2D eigenvalue weighted by Gasteiger charge is 2.19. The Bertz CT molecular complexity index is 524. The lowest BCUT2D eigenvalue weighted by Gasteiger charge is -2.28. The van der Waals surface area contributed by atoms with Crippen LogP contribution in [0.5, 0.6) is 0 Å². The Balaban J connectivity index is 1.95. The van der Waals surface area contributed by atoms with Crippen molar-refractivity contribution in [2.75, 3.05) is 6.54 Å². The number of nitrogens with zero attached hydrogens (tertiary/aromatic N) is 1. The van der Waals surface area contributed by atoms with Crippen molar-refractivity contribution >= 4 is 11.9 Å². The van der Waals surface area contributed by atoms with E-state index in [1.807, 2.05) is 6.92 Å². The summed E-state index contributed by atoms with van der Waals surface area (Å²) >= 11 is 0. The lowest BCUT2D eigenvalue weighted by Crippen LogP contribution is -2.45. The van der Waals surface area contributed by atoms with Crippen LogP contribution in [0.2, 0.25) is 0 Å². The summed E-state index contributed by atoms with van der Waals surface area (Å²) in [4.78, 5) is 15.5. The van der Waals surface area contributed by atoms with E-state index < -0.39 is 5.91 Å². The SMILES string of the molecule is CCNC(=NCc1ccc(C(N)=O)o1)NC1CCCC(C)C1. The fraction of sp³-hybridized carbons (Fsp3) is 0.625. The van der Waals surface area contributed by atoms with Crippen molar-refractivity contribution in [3.05, 3.63) is 23.7 Å². The van der Waals surface area contributed by atoms with Gasteiger partial charge < -0.3 is 20.8 Å². The van der Waals surface area contributed by atoms with Crippen LogP contribution in [0.4, 0.5) is 0 Å². The number of carbonyl (C=O) groups is 1. The van der Waals surface area contributed by atoms with Crippen LogP contribution in [0, 0.1) is 5.92 Å². The van der Waals surface area contributed by atoms with E-state index in [2.05, 4.69) is 22.5 Å². The molecule has 0 bridgehead atoms. The molecule has 1 amide bonds. The third-order valence-electron chi connectivity index (χ3n) is 3.92. The van der Waals surface area contributed by atoms with Gasteiger partial charge in [0.15, 0.2) is 11.7 Å². The zero-order valence-electron chi connectivity index (χ0n) is 13.4. The summed E-state index contributed by atoms with van der Waals surface area (Å²) < 4.78 is 5.34. The Labute approximate surface area is 131 Å². The van der Waals surface area contributed by atoms with Crippen LogP contribution in [0.1, 0.15) is 55.8 Å². The van der Waals surface area contributed by atoms with E-state index in [-0.39, 0.29) is 5.76 Å². The predicted molar refractivity (Wildman–Crippen MR) is 86.6 cm³/mol. The average molecular weight is 306 g/mol. The van der Waals surface area contributed by atoms with E-state index in [0.717, 1.165) is 18.4 Å². The molecular formula is C16H26N4O2. The molecule has 0 aliphatic heterocycles. The number of hydrogen-bond donors (Lipinski definition) is 3. The fourth-order valence-corrected chi connectivity index (χ4v) is 2.83. The Morgan fingerprint density at radius 1 is 1.45 bits per heavy atom. The molecule has 1 aromatic heterocycles. The smallest absolute Gasteiger partial charge is 0.284 e. The number of aliphatic imine (C=N–C) groups is 1. The van der Waals surface area contributed by atoms with E-state index in [1.165, 1.54) is 25.7 Å². The molecule has 6 heteroatoms. The van der Waals surface area contributed by atoms with Crippen molar-refractivity contribution in [2.45, 2.75) is 52.1 Å². The summed E-state index contributed by atoms with van der Waals surface area (Å²) in [6, 6.07) is 3.78. The lowest BCUT2D eigenvalue weighted by atomic mass is 9.87. The average Bonchev–Trinajstić information content (AvgIpc) is 2.94. The predicted octanol–water partition coefficient (Wildman–Crippen LogP) is 2.01. The minimum atomic E-state index is -0.559. The van der Waals surface area contributed by atoms with E-state index in [9.17, 15) is 4.79 Å². The van der Waals surface area contributed by atoms with Gasteiger partial charge in [0.25, 0.3) is 5.91 Å². The van der Waals surface area contributed by atoms with Crippen molar-refractivity contribution in [2.24, 2.45) is 16.6 Å². The van der Waals surface area contributed by atoms with Gasteiger partial charge in [-0.25, -0.2) is 4.99 Å². The standard InChI is InChI=1S/C16H26N4O2/c1-3-18-16(20-12-6-4-5-11(2)9-12)19-10-13-7-8-14(22-13)15(17)21/h7-8,11-12H,3-6,9-10H2,1-2H3,(H2,17,21)(H2,18,19,20). The number of amides is 1. The normalized spacial score (nSPS) is 22.4. The number of nitrogens with one attached hydrogen (secondary N) is 2. The van der Waals surface area contributed by atoms with Gasteiger partial charge in [0.2, 0.25) is 0 Å². The Kier molecular flexibility index (Phi) is 5.86. The topological polar surface area (TPSA) is 92.6 Å². The minimum absolute atomic E-state index is 0.171. The van der Waals surface area contributed by atoms with Crippen LogP contribution >= 0.6 is 0 Å².